The summed E-state index contributed by atoms with van der Waals surface area (Å²) < 4.78 is 11.5. The maximum atomic E-state index is 12.9. The van der Waals surface area contributed by atoms with Crippen LogP contribution in [-0.4, -0.2) is 64.6 Å². The van der Waals surface area contributed by atoms with Gasteiger partial charge < -0.3 is 19.4 Å². The molecule has 1 aromatic carbocycles. The van der Waals surface area contributed by atoms with Crippen LogP contribution in [0.1, 0.15) is 16.3 Å². The molecular formula is C22H24N4O4S. The van der Waals surface area contributed by atoms with E-state index in [-0.39, 0.29) is 18.1 Å². The molecule has 1 atom stereocenters. The minimum absolute atomic E-state index is 0.0494. The summed E-state index contributed by atoms with van der Waals surface area (Å²) in [4.78, 5) is 38.9. The van der Waals surface area contributed by atoms with E-state index in [0.717, 1.165) is 15.3 Å². The van der Waals surface area contributed by atoms with E-state index < -0.39 is 6.10 Å². The summed E-state index contributed by atoms with van der Waals surface area (Å²) in [6, 6.07) is 7.39. The lowest BCUT2D eigenvalue weighted by molar-refractivity contribution is -0.143. The van der Waals surface area contributed by atoms with Crippen molar-refractivity contribution < 1.29 is 14.3 Å². The van der Waals surface area contributed by atoms with Crippen LogP contribution in [0.5, 0.6) is 11.5 Å². The first-order valence-corrected chi connectivity index (χ1v) is 11.2. The number of H-pyrrole nitrogens is 1. The molecule has 0 radical (unpaired) electrons. The van der Waals surface area contributed by atoms with E-state index in [1.807, 2.05) is 43.0 Å². The van der Waals surface area contributed by atoms with Gasteiger partial charge in [-0.05, 0) is 31.5 Å². The van der Waals surface area contributed by atoms with E-state index in [4.69, 9.17) is 9.47 Å². The molecule has 8 nitrogen and oxygen atoms in total. The fraction of sp³-hybridized carbons (Fsp3) is 0.409. The molecule has 5 rings (SSSR count). The second-order valence-electron chi connectivity index (χ2n) is 7.94. The van der Waals surface area contributed by atoms with Crippen molar-refractivity contribution in [3.8, 4) is 11.5 Å². The van der Waals surface area contributed by atoms with E-state index in [1.165, 1.54) is 0 Å². The molecule has 1 N–H and O–H groups in total. The predicted molar refractivity (Wildman–Crippen MR) is 118 cm³/mol. The smallest absolute Gasteiger partial charge is 0.267 e. The molecule has 2 aromatic heterocycles. The van der Waals surface area contributed by atoms with Crippen molar-refractivity contribution in [1.29, 1.82) is 0 Å². The van der Waals surface area contributed by atoms with Crippen LogP contribution in [0.15, 0.2) is 29.1 Å². The first-order chi connectivity index (χ1) is 15.0. The molecule has 162 valence electrons. The number of piperazine rings is 1. The molecule has 31 heavy (non-hydrogen) atoms. The van der Waals surface area contributed by atoms with E-state index in [9.17, 15) is 9.59 Å². The number of nitrogens with zero attached hydrogens (tertiary/aromatic N) is 3. The molecule has 1 unspecified atom stereocenters. The Labute approximate surface area is 183 Å². The lowest BCUT2D eigenvalue weighted by Crippen LogP contribution is -2.53. The number of carbonyl (C=O) groups excluding carboxylic acids is 1. The number of aryl methyl sites for hydroxylation is 2. The Bertz CT molecular complexity index is 1200. The van der Waals surface area contributed by atoms with Crippen molar-refractivity contribution in [1.82, 2.24) is 19.8 Å². The number of rotatable bonds is 3. The monoisotopic (exact) mass is 440 g/mol. The third-order valence-electron chi connectivity index (χ3n) is 5.93. The largest absolute Gasteiger partial charge is 0.485 e. The Balaban J connectivity index is 1.21. The van der Waals surface area contributed by atoms with Crippen LogP contribution in [0, 0.1) is 13.8 Å². The van der Waals surface area contributed by atoms with Crippen molar-refractivity contribution in [2.75, 3.05) is 32.8 Å². The van der Waals surface area contributed by atoms with Crippen molar-refractivity contribution in [2.45, 2.75) is 26.5 Å². The molecule has 2 aliphatic rings. The highest BCUT2D eigenvalue weighted by Gasteiger charge is 2.32. The minimum atomic E-state index is -0.618. The van der Waals surface area contributed by atoms with Gasteiger partial charge in [0.05, 0.1) is 11.9 Å². The van der Waals surface area contributed by atoms with Gasteiger partial charge >= 0.3 is 0 Å². The SMILES string of the molecule is Cc1sc2nc(CN3CCN(C(=O)C4COc5ccccc5O4)CC3)[nH]c(=O)c2c1C. The maximum Gasteiger partial charge on any atom is 0.267 e. The number of hydrogen-bond donors (Lipinski definition) is 1. The summed E-state index contributed by atoms with van der Waals surface area (Å²) in [5, 5.41) is 0.693. The molecule has 1 saturated heterocycles. The van der Waals surface area contributed by atoms with Crippen LogP contribution >= 0.6 is 11.3 Å². The number of ether oxygens (including phenoxy) is 2. The average Bonchev–Trinajstić information content (AvgIpc) is 3.07. The van der Waals surface area contributed by atoms with E-state index in [2.05, 4.69) is 14.9 Å². The molecule has 2 aliphatic heterocycles. The van der Waals surface area contributed by atoms with Gasteiger partial charge in [-0.2, -0.15) is 0 Å². The van der Waals surface area contributed by atoms with Crippen LogP contribution in [0.4, 0.5) is 0 Å². The van der Waals surface area contributed by atoms with Gasteiger partial charge in [-0.25, -0.2) is 4.98 Å². The third-order valence-corrected chi connectivity index (χ3v) is 7.03. The lowest BCUT2D eigenvalue weighted by atomic mass is 10.2. The van der Waals surface area contributed by atoms with Crippen LogP contribution in [0.2, 0.25) is 0 Å². The molecular weight excluding hydrogens is 416 g/mol. The average molecular weight is 441 g/mol. The zero-order chi connectivity index (χ0) is 21.5. The first kappa shape index (κ1) is 20.0. The minimum Gasteiger partial charge on any atom is -0.485 e. The summed E-state index contributed by atoms with van der Waals surface area (Å²) in [7, 11) is 0. The second-order valence-corrected chi connectivity index (χ2v) is 9.14. The number of aromatic nitrogens is 2. The highest BCUT2D eigenvalue weighted by Crippen LogP contribution is 2.31. The summed E-state index contributed by atoms with van der Waals surface area (Å²) in [6.07, 6.45) is -0.618. The number of thiophene rings is 1. The van der Waals surface area contributed by atoms with Crippen molar-refractivity contribution in [3.63, 3.8) is 0 Å². The molecule has 9 heteroatoms. The summed E-state index contributed by atoms with van der Waals surface area (Å²) >= 11 is 1.56. The van der Waals surface area contributed by atoms with Crippen molar-refractivity contribution >= 4 is 27.5 Å². The number of amides is 1. The Morgan fingerprint density at radius 3 is 2.71 bits per heavy atom. The quantitative estimate of drug-likeness (QED) is 0.671. The Morgan fingerprint density at radius 1 is 1.19 bits per heavy atom. The Morgan fingerprint density at radius 2 is 1.94 bits per heavy atom. The zero-order valence-electron chi connectivity index (χ0n) is 17.5. The number of fused-ring (bicyclic) bond motifs is 2. The first-order valence-electron chi connectivity index (χ1n) is 10.4. The van der Waals surface area contributed by atoms with Gasteiger partial charge in [0.2, 0.25) is 6.10 Å². The molecule has 0 spiro atoms. The number of nitrogens with one attached hydrogen (secondary N) is 1. The molecule has 3 aromatic rings. The number of aromatic amines is 1. The lowest BCUT2D eigenvalue weighted by Gasteiger charge is -2.36. The summed E-state index contributed by atoms with van der Waals surface area (Å²) in [6.45, 7) is 7.37. The third kappa shape index (κ3) is 3.79. The maximum absolute atomic E-state index is 12.9. The van der Waals surface area contributed by atoms with Crippen molar-refractivity contribution in [2.24, 2.45) is 0 Å². The van der Waals surface area contributed by atoms with Gasteiger partial charge in [0.25, 0.3) is 11.5 Å². The molecule has 4 heterocycles. The summed E-state index contributed by atoms with van der Waals surface area (Å²) in [5.74, 6) is 1.90. The molecule has 1 fully saturated rings. The second kappa shape index (κ2) is 7.97. The predicted octanol–water partition coefficient (Wildman–Crippen LogP) is 2.09. The summed E-state index contributed by atoms with van der Waals surface area (Å²) in [5.41, 5.74) is 0.925. The topological polar surface area (TPSA) is 87.8 Å². The van der Waals surface area contributed by atoms with Crippen LogP contribution in [-0.2, 0) is 11.3 Å². The van der Waals surface area contributed by atoms with Gasteiger partial charge in [0.1, 0.15) is 17.3 Å². The zero-order valence-corrected chi connectivity index (χ0v) is 18.3. The molecule has 1 amide bonds. The number of carbonyl (C=O) groups is 1. The van der Waals surface area contributed by atoms with Crippen molar-refractivity contribution in [3.05, 3.63) is 50.9 Å². The normalized spacial score (nSPS) is 19.0. The highest BCUT2D eigenvalue weighted by molar-refractivity contribution is 7.18. The molecule has 0 aliphatic carbocycles. The van der Waals surface area contributed by atoms with Gasteiger partial charge in [0.15, 0.2) is 11.5 Å². The molecule has 0 bridgehead atoms. The van der Waals surface area contributed by atoms with Gasteiger partial charge in [-0.15, -0.1) is 11.3 Å². The van der Waals surface area contributed by atoms with Gasteiger partial charge in [-0.3, -0.25) is 14.5 Å². The fourth-order valence-electron chi connectivity index (χ4n) is 4.06. The van der Waals surface area contributed by atoms with Crippen LogP contribution in [0.3, 0.4) is 0 Å². The van der Waals surface area contributed by atoms with E-state index in [1.54, 1.807) is 11.3 Å². The number of benzene rings is 1. The molecule has 0 saturated carbocycles. The number of para-hydroxylation sites is 2. The Kier molecular flexibility index (Phi) is 5.15. The van der Waals surface area contributed by atoms with Gasteiger partial charge in [0, 0.05) is 31.1 Å². The standard InChI is InChI=1S/C22H24N4O4S/c1-13-14(2)31-21-19(13)20(27)23-18(24-21)11-25-7-9-26(10-8-25)22(28)17-12-29-15-5-3-4-6-16(15)30-17/h3-6,17H,7-12H2,1-2H3,(H,23,24,27). The van der Waals surface area contributed by atoms with Gasteiger partial charge in [-0.1, -0.05) is 12.1 Å². The van der Waals surface area contributed by atoms with E-state index >= 15 is 0 Å². The Hall–Kier alpha value is -2.91. The van der Waals surface area contributed by atoms with Crippen LogP contribution in [0.25, 0.3) is 10.2 Å². The van der Waals surface area contributed by atoms with E-state index in [0.29, 0.717) is 55.4 Å². The number of hydrogen-bond acceptors (Lipinski definition) is 7. The fourth-order valence-corrected chi connectivity index (χ4v) is 5.11. The highest BCUT2D eigenvalue weighted by atomic mass is 32.1. The van der Waals surface area contributed by atoms with Crippen LogP contribution < -0.4 is 15.0 Å².